The Balaban J connectivity index is 1.56. The van der Waals surface area contributed by atoms with E-state index in [0.29, 0.717) is 6.42 Å². The van der Waals surface area contributed by atoms with Gasteiger partial charge in [-0.05, 0) is 49.1 Å². The molecular formula is C17H19NO3. The Morgan fingerprint density at radius 2 is 2.00 bits per heavy atom. The zero-order valence-corrected chi connectivity index (χ0v) is 12.0. The summed E-state index contributed by atoms with van der Waals surface area (Å²) in [6, 6.07) is 5.74. The zero-order valence-electron chi connectivity index (χ0n) is 12.0. The molecule has 0 atom stereocenters. The number of nitrogens with zero attached hydrogens (tertiary/aromatic N) is 1. The molecule has 4 nitrogen and oxygen atoms in total. The first-order valence-corrected chi connectivity index (χ1v) is 7.41. The van der Waals surface area contributed by atoms with E-state index in [1.165, 1.54) is 6.42 Å². The summed E-state index contributed by atoms with van der Waals surface area (Å²) in [5.74, 6) is 1.73. The molecule has 110 valence electrons. The molecule has 1 aromatic rings. The number of piperidine rings is 1. The number of carbonyl (C=O) groups excluding carboxylic acids is 1. The van der Waals surface area contributed by atoms with Gasteiger partial charge in [-0.15, -0.1) is 5.73 Å². The van der Waals surface area contributed by atoms with Gasteiger partial charge in [0, 0.05) is 13.1 Å². The van der Waals surface area contributed by atoms with E-state index in [0.717, 1.165) is 43.0 Å². The lowest BCUT2D eigenvalue weighted by Crippen LogP contribution is -2.35. The molecule has 0 saturated carbocycles. The number of rotatable bonds is 3. The van der Waals surface area contributed by atoms with Crippen molar-refractivity contribution in [3.8, 4) is 11.5 Å². The van der Waals surface area contributed by atoms with E-state index in [2.05, 4.69) is 5.73 Å². The van der Waals surface area contributed by atoms with Gasteiger partial charge in [-0.25, -0.2) is 0 Å². The van der Waals surface area contributed by atoms with Crippen LogP contribution in [0, 0.1) is 0 Å². The van der Waals surface area contributed by atoms with Crippen molar-refractivity contribution in [2.45, 2.75) is 25.7 Å². The Labute approximate surface area is 124 Å². The monoisotopic (exact) mass is 285 g/mol. The maximum absolute atomic E-state index is 12.0. The number of ether oxygens (including phenoxy) is 2. The Hall–Kier alpha value is -2.19. The molecule has 0 N–H and O–H groups in total. The van der Waals surface area contributed by atoms with Gasteiger partial charge in [-0.3, -0.25) is 4.79 Å². The van der Waals surface area contributed by atoms with Crippen LogP contribution < -0.4 is 9.47 Å². The highest BCUT2D eigenvalue weighted by molar-refractivity contribution is 5.77. The molecule has 1 amide bonds. The maximum atomic E-state index is 12.0. The number of fused-ring (bicyclic) bond motifs is 1. The average molecular weight is 285 g/mol. The summed E-state index contributed by atoms with van der Waals surface area (Å²) in [5.41, 5.74) is 4.06. The topological polar surface area (TPSA) is 38.8 Å². The summed E-state index contributed by atoms with van der Waals surface area (Å²) in [6.45, 7) is 2.08. The van der Waals surface area contributed by atoms with Crippen molar-refractivity contribution in [2.75, 3.05) is 19.9 Å². The quantitative estimate of drug-likeness (QED) is 0.801. The molecular weight excluding hydrogens is 266 g/mol. The number of hydrogen-bond donors (Lipinski definition) is 0. The van der Waals surface area contributed by atoms with E-state index in [4.69, 9.17) is 9.47 Å². The summed E-state index contributed by atoms with van der Waals surface area (Å²) < 4.78 is 10.6. The molecule has 1 saturated heterocycles. The molecule has 0 radical (unpaired) electrons. The minimum absolute atomic E-state index is 0.196. The molecule has 2 aliphatic heterocycles. The van der Waals surface area contributed by atoms with Crippen molar-refractivity contribution in [3.05, 3.63) is 35.6 Å². The molecule has 4 heteroatoms. The summed E-state index contributed by atoms with van der Waals surface area (Å²) in [5, 5.41) is 0. The molecule has 0 aromatic heterocycles. The number of benzene rings is 1. The van der Waals surface area contributed by atoms with Gasteiger partial charge in [0.2, 0.25) is 12.7 Å². The van der Waals surface area contributed by atoms with Gasteiger partial charge in [0.15, 0.2) is 11.5 Å². The van der Waals surface area contributed by atoms with Crippen LogP contribution in [0.3, 0.4) is 0 Å². The lowest BCUT2D eigenvalue weighted by molar-refractivity contribution is -0.131. The summed E-state index contributed by atoms with van der Waals surface area (Å²) in [4.78, 5) is 13.9. The van der Waals surface area contributed by atoms with Crippen LogP contribution in [0.5, 0.6) is 11.5 Å². The third kappa shape index (κ3) is 3.47. The Morgan fingerprint density at radius 1 is 1.19 bits per heavy atom. The van der Waals surface area contributed by atoms with E-state index in [1.807, 2.05) is 29.2 Å². The van der Waals surface area contributed by atoms with Crippen LogP contribution in [0.25, 0.3) is 6.08 Å². The number of likely N-dealkylation sites (tertiary alicyclic amines) is 1. The van der Waals surface area contributed by atoms with E-state index in [9.17, 15) is 4.79 Å². The van der Waals surface area contributed by atoms with Gasteiger partial charge in [0.1, 0.15) is 0 Å². The molecule has 0 spiro atoms. The largest absolute Gasteiger partial charge is 0.454 e. The van der Waals surface area contributed by atoms with E-state index in [-0.39, 0.29) is 12.7 Å². The number of carbonyl (C=O) groups is 1. The Kier molecular flexibility index (Phi) is 4.27. The molecule has 3 rings (SSSR count). The molecule has 1 aromatic carbocycles. The van der Waals surface area contributed by atoms with Crippen LogP contribution in [0.4, 0.5) is 0 Å². The van der Waals surface area contributed by atoms with Crippen LogP contribution in [0.15, 0.2) is 30.0 Å². The smallest absolute Gasteiger partial charge is 0.231 e. The van der Waals surface area contributed by atoms with Crippen molar-refractivity contribution in [3.63, 3.8) is 0 Å². The number of amides is 1. The fourth-order valence-electron chi connectivity index (χ4n) is 2.58. The molecule has 0 unspecified atom stereocenters. The Morgan fingerprint density at radius 3 is 2.86 bits per heavy atom. The predicted octanol–water partition coefficient (Wildman–Crippen LogP) is 2.99. The third-order valence-electron chi connectivity index (χ3n) is 3.75. The summed E-state index contributed by atoms with van der Waals surface area (Å²) in [7, 11) is 0. The molecule has 0 bridgehead atoms. The summed E-state index contributed by atoms with van der Waals surface area (Å²) in [6.07, 6.45) is 7.56. The highest BCUT2D eigenvalue weighted by atomic mass is 16.7. The minimum Gasteiger partial charge on any atom is -0.454 e. The molecule has 0 aliphatic carbocycles. The SMILES string of the molecule is O=C(CC=C=Cc1ccc2c(c1)OCO2)N1CCCCC1. The normalized spacial score (nSPS) is 16.3. The zero-order chi connectivity index (χ0) is 14.5. The van der Waals surface area contributed by atoms with Crippen LogP contribution in [-0.2, 0) is 4.79 Å². The van der Waals surface area contributed by atoms with E-state index in [1.54, 1.807) is 6.08 Å². The second-order valence-electron chi connectivity index (χ2n) is 5.27. The molecule has 21 heavy (non-hydrogen) atoms. The first-order valence-electron chi connectivity index (χ1n) is 7.41. The lowest BCUT2D eigenvalue weighted by Gasteiger charge is -2.26. The number of hydrogen-bond acceptors (Lipinski definition) is 3. The van der Waals surface area contributed by atoms with E-state index >= 15 is 0 Å². The van der Waals surface area contributed by atoms with Gasteiger partial charge in [-0.1, -0.05) is 6.07 Å². The minimum atomic E-state index is 0.196. The van der Waals surface area contributed by atoms with Crippen LogP contribution in [0.1, 0.15) is 31.2 Å². The molecule has 2 heterocycles. The van der Waals surface area contributed by atoms with Gasteiger partial charge in [-0.2, -0.15) is 0 Å². The fraction of sp³-hybridized carbons (Fsp3) is 0.412. The van der Waals surface area contributed by atoms with Crippen molar-refractivity contribution < 1.29 is 14.3 Å². The van der Waals surface area contributed by atoms with Crippen molar-refractivity contribution >= 4 is 12.0 Å². The van der Waals surface area contributed by atoms with Crippen molar-refractivity contribution in [1.29, 1.82) is 0 Å². The Bertz CT molecular complexity index is 582. The molecule has 1 fully saturated rings. The first kappa shape index (κ1) is 13.8. The van der Waals surface area contributed by atoms with Crippen LogP contribution in [0.2, 0.25) is 0 Å². The second-order valence-corrected chi connectivity index (χ2v) is 5.27. The highest BCUT2D eigenvalue weighted by Gasteiger charge is 2.14. The van der Waals surface area contributed by atoms with Gasteiger partial charge in [0.05, 0.1) is 6.42 Å². The van der Waals surface area contributed by atoms with Gasteiger partial charge < -0.3 is 14.4 Å². The van der Waals surface area contributed by atoms with Crippen LogP contribution in [-0.4, -0.2) is 30.7 Å². The maximum Gasteiger partial charge on any atom is 0.231 e. The lowest BCUT2D eigenvalue weighted by atomic mass is 10.1. The third-order valence-corrected chi connectivity index (χ3v) is 3.75. The summed E-state index contributed by atoms with van der Waals surface area (Å²) >= 11 is 0. The second kappa shape index (κ2) is 6.51. The van der Waals surface area contributed by atoms with Crippen molar-refractivity contribution in [2.24, 2.45) is 0 Å². The van der Waals surface area contributed by atoms with Gasteiger partial charge >= 0.3 is 0 Å². The molecule has 2 aliphatic rings. The van der Waals surface area contributed by atoms with Crippen molar-refractivity contribution in [1.82, 2.24) is 4.90 Å². The van der Waals surface area contributed by atoms with Crippen LogP contribution >= 0.6 is 0 Å². The van der Waals surface area contributed by atoms with Gasteiger partial charge in [0.25, 0.3) is 0 Å². The standard InChI is InChI=1S/C17H19NO3/c19-17(18-10-4-1-5-11-18)7-3-2-6-14-8-9-15-16(12-14)21-13-20-15/h3,6,8-9,12H,1,4-5,7,10-11,13H2. The highest BCUT2D eigenvalue weighted by Crippen LogP contribution is 2.32. The first-order chi connectivity index (χ1) is 10.3. The van der Waals surface area contributed by atoms with E-state index < -0.39 is 0 Å². The fourth-order valence-corrected chi connectivity index (χ4v) is 2.58. The average Bonchev–Trinajstić information content (AvgIpc) is 3.00. The predicted molar refractivity (Wildman–Crippen MR) is 80.2 cm³/mol.